The van der Waals surface area contributed by atoms with Gasteiger partial charge in [0, 0.05) is 32.2 Å². The van der Waals surface area contributed by atoms with Crippen molar-refractivity contribution in [2.45, 2.75) is 38.4 Å². The van der Waals surface area contributed by atoms with E-state index in [2.05, 4.69) is 27.2 Å². The van der Waals surface area contributed by atoms with Crippen molar-refractivity contribution in [3.63, 3.8) is 0 Å². The lowest BCUT2D eigenvalue weighted by Gasteiger charge is -2.38. The van der Waals surface area contributed by atoms with Gasteiger partial charge in [-0.25, -0.2) is 4.98 Å². The van der Waals surface area contributed by atoms with Crippen LogP contribution in [-0.4, -0.2) is 44.8 Å². The summed E-state index contributed by atoms with van der Waals surface area (Å²) < 4.78 is 1.88. The summed E-state index contributed by atoms with van der Waals surface area (Å²) in [4.78, 5) is 6.85. The molecule has 1 N–H and O–H groups in total. The molecule has 3 rings (SSSR count). The lowest BCUT2D eigenvalue weighted by molar-refractivity contribution is 0.121. The Hall–Kier alpha value is -0.940. The van der Waals surface area contributed by atoms with Crippen LogP contribution in [0.25, 0.3) is 0 Å². The SMILES string of the molecule is CC1CNC(C2CC2)CN1Cc1ncnn1C. The summed E-state index contributed by atoms with van der Waals surface area (Å²) in [6, 6.07) is 1.28. The number of nitrogens with zero attached hydrogens (tertiary/aromatic N) is 4. The van der Waals surface area contributed by atoms with Crippen LogP contribution in [-0.2, 0) is 13.6 Å². The molecular formula is C12H21N5. The molecule has 2 atom stereocenters. The molecule has 2 aliphatic rings. The van der Waals surface area contributed by atoms with Crippen molar-refractivity contribution < 1.29 is 0 Å². The highest BCUT2D eigenvalue weighted by Gasteiger charge is 2.36. The summed E-state index contributed by atoms with van der Waals surface area (Å²) in [7, 11) is 1.97. The molecule has 2 fully saturated rings. The number of piperazine rings is 1. The predicted molar refractivity (Wildman–Crippen MR) is 65.4 cm³/mol. The number of aryl methyl sites for hydroxylation is 1. The van der Waals surface area contributed by atoms with Gasteiger partial charge in [0.2, 0.25) is 0 Å². The van der Waals surface area contributed by atoms with E-state index in [-0.39, 0.29) is 0 Å². The van der Waals surface area contributed by atoms with Crippen molar-refractivity contribution in [1.29, 1.82) is 0 Å². The standard InChI is InChI=1S/C12H21N5/c1-9-5-13-11(10-3-4-10)6-17(9)7-12-14-8-15-16(12)2/h8-11,13H,3-7H2,1-2H3. The maximum atomic E-state index is 4.32. The van der Waals surface area contributed by atoms with Gasteiger partial charge in [-0.15, -0.1) is 0 Å². The summed E-state index contributed by atoms with van der Waals surface area (Å²) in [5, 5.41) is 7.81. The van der Waals surface area contributed by atoms with E-state index in [1.165, 1.54) is 12.8 Å². The molecule has 0 aromatic carbocycles. The minimum absolute atomic E-state index is 0.585. The summed E-state index contributed by atoms with van der Waals surface area (Å²) in [6.07, 6.45) is 4.45. The average molecular weight is 235 g/mol. The maximum absolute atomic E-state index is 4.32. The van der Waals surface area contributed by atoms with Crippen molar-refractivity contribution in [1.82, 2.24) is 25.0 Å². The molecule has 2 unspecified atom stereocenters. The fourth-order valence-electron chi connectivity index (χ4n) is 2.63. The Morgan fingerprint density at radius 2 is 2.29 bits per heavy atom. The molecule has 17 heavy (non-hydrogen) atoms. The fourth-order valence-corrected chi connectivity index (χ4v) is 2.63. The van der Waals surface area contributed by atoms with Gasteiger partial charge in [-0.05, 0) is 25.7 Å². The quantitative estimate of drug-likeness (QED) is 0.823. The Labute approximate surface area is 102 Å². The maximum Gasteiger partial charge on any atom is 0.140 e. The van der Waals surface area contributed by atoms with Crippen LogP contribution in [0.15, 0.2) is 6.33 Å². The molecular weight excluding hydrogens is 214 g/mol. The fraction of sp³-hybridized carbons (Fsp3) is 0.833. The molecule has 0 bridgehead atoms. The third kappa shape index (κ3) is 2.35. The Kier molecular flexibility index (Phi) is 2.88. The van der Waals surface area contributed by atoms with Crippen LogP contribution >= 0.6 is 0 Å². The van der Waals surface area contributed by atoms with Gasteiger partial charge in [-0.1, -0.05) is 0 Å². The number of hydrogen-bond donors (Lipinski definition) is 1. The molecule has 0 radical (unpaired) electrons. The minimum Gasteiger partial charge on any atom is -0.311 e. The van der Waals surface area contributed by atoms with Gasteiger partial charge < -0.3 is 5.32 Å². The van der Waals surface area contributed by atoms with Crippen molar-refractivity contribution in [2.75, 3.05) is 13.1 Å². The molecule has 94 valence electrons. The number of rotatable bonds is 3. The summed E-state index contributed by atoms with van der Waals surface area (Å²) in [5.74, 6) is 1.98. The van der Waals surface area contributed by atoms with E-state index >= 15 is 0 Å². The number of aromatic nitrogens is 3. The molecule has 1 aliphatic heterocycles. The van der Waals surface area contributed by atoms with E-state index in [1.807, 2.05) is 11.7 Å². The molecule has 0 amide bonds. The topological polar surface area (TPSA) is 46.0 Å². The van der Waals surface area contributed by atoms with Crippen LogP contribution in [0.4, 0.5) is 0 Å². The third-order valence-electron chi connectivity index (χ3n) is 4.07. The van der Waals surface area contributed by atoms with Crippen LogP contribution in [0.5, 0.6) is 0 Å². The molecule has 1 saturated heterocycles. The Balaban J connectivity index is 1.65. The number of hydrogen-bond acceptors (Lipinski definition) is 4. The second-order valence-electron chi connectivity index (χ2n) is 5.43. The number of nitrogens with one attached hydrogen (secondary N) is 1. The zero-order valence-electron chi connectivity index (χ0n) is 10.6. The third-order valence-corrected chi connectivity index (χ3v) is 4.07. The van der Waals surface area contributed by atoms with E-state index in [9.17, 15) is 0 Å². The lowest BCUT2D eigenvalue weighted by Crippen LogP contribution is -2.55. The monoisotopic (exact) mass is 235 g/mol. The average Bonchev–Trinajstić information content (AvgIpc) is 3.08. The molecule has 1 aromatic heterocycles. The first-order valence-corrected chi connectivity index (χ1v) is 6.54. The Morgan fingerprint density at radius 3 is 2.94 bits per heavy atom. The van der Waals surface area contributed by atoms with Gasteiger partial charge >= 0.3 is 0 Å². The molecule has 0 spiro atoms. The van der Waals surface area contributed by atoms with Crippen LogP contribution in [0, 0.1) is 5.92 Å². The molecule has 1 aromatic rings. The van der Waals surface area contributed by atoms with Crippen LogP contribution in [0.2, 0.25) is 0 Å². The molecule has 5 heteroatoms. The summed E-state index contributed by atoms with van der Waals surface area (Å²) >= 11 is 0. The lowest BCUT2D eigenvalue weighted by atomic mass is 10.1. The van der Waals surface area contributed by atoms with Gasteiger partial charge in [-0.3, -0.25) is 9.58 Å². The van der Waals surface area contributed by atoms with E-state index < -0.39 is 0 Å². The largest absolute Gasteiger partial charge is 0.311 e. The first-order valence-electron chi connectivity index (χ1n) is 6.54. The molecule has 2 heterocycles. The zero-order valence-corrected chi connectivity index (χ0v) is 10.6. The van der Waals surface area contributed by atoms with E-state index in [0.717, 1.165) is 31.4 Å². The predicted octanol–water partition coefficient (Wildman–Crippen LogP) is 0.387. The zero-order chi connectivity index (χ0) is 11.8. The van der Waals surface area contributed by atoms with E-state index in [1.54, 1.807) is 6.33 Å². The van der Waals surface area contributed by atoms with Gasteiger partial charge in [-0.2, -0.15) is 5.10 Å². The minimum atomic E-state index is 0.585. The van der Waals surface area contributed by atoms with E-state index in [0.29, 0.717) is 12.1 Å². The summed E-state index contributed by atoms with van der Waals surface area (Å²) in [6.45, 7) is 5.45. The Morgan fingerprint density at radius 1 is 1.47 bits per heavy atom. The van der Waals surface area contributed by atoms with Gasteiger partial charge in [0.1, 0.15) is 12.2 Å². The molecule has 1 saturated carbocycles. The smallest absolute Gasteiger partial charge is 0.140 e. The van der Waals surface area contributed by atoms with Gasteiger partial charge in [0.25, 0.3) is 0 Å². The van der Waals surface area contributed by atoms with Crippen molar-refractivity contribution in [2.24, 2.45) is 13.0 Å². The van der Waals surface area contributed by atoms with Crippen molar-refractivity contribution >= 4 is 0 Å². The molecule has 1 aliphatic carbocycles. The van der Waals surface area contributed by atoms with Gasteiger partial charge in [0.05, 0.1) is 6.54 Å². The van der Waals surface area contributed by atoms with Crippen LogP contribution < -0.4 is 5.32 Å². The first-order chi connectivity index (χ1) is 8.24. The Bertz CT molecular complexity index is 384. The second kappa shape index (κ2) is 4.38. The normalized spacial score (nSPS) is 30.7. The first kappa shape index (κ1) is 11.2. The highest BCUT2D eigenvalue weighted by molar-refractivity contribution is 4.95. The highest BCUT2D eigenvalue weighted by atomic mass is 15.3. The van der Waals surface area contributed by atoms with Crippen molar-refractivity contribution in [3.05, 3.63) is 12.2 Å². The second-order valence-corrected chi connectivity index (χ2v) is 5.43. The summed E-state index contributed by atoms with van der Waals surface area (Å²) in [5.41, 5.74) is 0. The van der Waals surface area contributed by atoms with Crippen molar-refractivity contribution in [3.8, 4) is 0 Å². The highest BCUT2D eigenvalue weighted by Crippen LogP contribution is 2.34. The van der Waals surface area contributed by atoms with E-state index in [4.69, 9.17) is 0 Å². The van der Waals surface area contributed by atoms with Crippen LogP contribution in [0.3, 0.4) is 0 Å². The van der Waals surface area contributed by atoms with Crippen LogP contribution in [0.1, 0.15) is 25.6 Å². The van der Waals surface area contributed by atoms with Gasteiger partial charge in [0.15, 0.2) is 0 Å². The molecule has 5 nitrogen and oxygen atoms in total.